The molecule has 1 saturated heterocycles. The number of imidazole rings is 1. The van der Waals surface area contributed by atoms with Crippen LogP contribution in [0.4, 0.5) is 0 Å². The van der Waals surface area contributed by atoms with Crippen molar-refractivity contribution in [3.8, 4) is 11.3 Å². The summed E-state index contributed by atoms with van der Waals surface area (Å²) in [7, 11) is 2.14. The van der Waals surface area contributed by atoms with Crippen molar-refractivity contribution in [1.82, 2.24) is 25.2 Å². The Morgan fingerprint density at radius 1 is 1.39 bits per heavy atom. The van der Waals surface area contributed by atoms with Crippen molar-refractivity contribution >= 4 is 0 Å². The highest BCUT2D eigenvalue weighted by atomic mass is 15.2. The lowest BCUT2D eigenvalue weighted by Gasteiger charge is -2.29. The van der Waals surface area contributed by atoms with Crippen LogP contribution in [0.3, 0.4) is 0 Å². The quantitative estimate of drug-likeness (QED) is 0.827. The Kier molecular flexibility index (Phi) is 3.08. The molecule has 0 spiro atoms. The monoisotopic (exact) mass is 243 g/mol. The van der Waals surface area contributed by atoms with Crippen LogP contribution in [-0.4, -0.2) is 46.5 Å². The number of hydrogen-bond acceptors (Lipinski definition) is 4. The summed E-state index contributed by atoms with van der Waals surface area (Å²) in [4.78, 5) is 14.3. The maximum absolute atomic E-state index is 4.48. The smallest absolute Gasteiger partial charge is 0.125 e. The van der Waals surface area contributed by atoms with Crippen LogP contribution in [0.15, 0.2) is 30.7 Å². The van der Waals surface area contributed by atoms with Gasteiger partial charge in [-0.05, 0) is 19.2 Å². The molecular weight excluding hydrogens is 226 g/mol. The van der Waals surface area contributed by atoms with Crippen molar-refractivity contribution < 1.29 is 0 Å². The van der Waals surface area contributed by atoms with Gasteiger partial charge in [-0.2, -0.15) is 0 Å². The van der Waals surface area contributed by atoms with E-state index in [0.29, 0.717) is 0 Å². The molecule has 0 bridgehead atoms. The van der Waals surface area contributed by atoms with E-state index in [1.807, 2.05) is 24.5 Å². The summed E-state index contributed by atoms with van der Waals surface area (Å²) in [5.74, 6) is 1.00. The fraction of sp³-hybridized carbons (Fsp3) is 0.385. The van der Waals surface area contributed by atoms with Crippen molar-refractivity contribution in [2.24, 2.45) is 0 Å². The van der Waals surface area contributed by atoms with Gasteiger partial charge in [0.2, 0.25) is 0 Å². The largest absolute Gasteiger partial charge is 0.341 e. The average molecular weight is 243 g/mol. The Hall–Kier alpha value is -1.72. The van der Waals surface area contributed by atoms with Gasteiger partial charge in [0.15, 0.2) is 0 Å². The molecule has 94 valence electrons. The molecule has 1 atom stereocenters. The second kappa shape index (κ2) is 4.88. The molecule has 3 rings (SSSR count). The Bertz CT molecular complexity index is 507. The fourth-order valence-corrected chi connectivity index (χ4v) is 2.26. The third-order valence-corrected chi connectivity index (χ3v) is 3.28. The molecule has 2 aromatic rings. The first-order valence-electron chi connectivity index (χ1n) is 6.20. The number of aromatic amines is 1. The molecule has 3 heterocycles. The molecule has 1 aliphatic heterocycles. The zero-order valence-corrected chi connectivity index (χ0v) is 10.4. The number of hydrogen-bond donors (Lipinski definition) is 2. The number of aromatic nitrogens is 3. The molecule has 2 N–H and O–H groups in total. The van der Waals surface area contributed by atoms with Crippen LogP contribution in [-0.2, 0) is 0 Å². The Labute approximate surface area is 106 Å². The van der Waals surface area contributed by atoms with Gasteiger partial charge in [-0.25, -0.2) is 4.98 Å². The minimum Gasteiger partial charge on any atom is -0.341 e. The predicted molar refractivity (Wildman–Crippen MR) is 70.1 cm³/mol. The lowest BCUT2D eigenvalue weighted by molar-refractivity contribution is 0.236. The molecule has 5 heteroatoms. The van der Waals surface area contributed by atoms with E-state index in [1.165, 1.54) is 0 Å². The van der Waals surface area contributed by atoms with Crippen LogP contribution in [0.1, 0.15) is 11.9 Å². The van der Waals surface area contributed by atoms with Crippen molar-refractivity contribution in [2.75, 3.05) is 26.7 Å². The van der Waals surface area contributed by atoms with Gasteiger partial charge in [0.05, 0.1) is 17.9 Å². The number of pyridine rings is 1. The standard InChI is InChI=1S/C13H17N5/c1-18-6-5-15-12(9-18)13-16-8-11(17-13)10-3-2-4-14-7-10/h2-4,7-8,12,15H,5-6,9H2,1H3,(H,16,17). The fourth-order valence-electron chi connectivity index (χ4n) is 2.26. The summed E-state index contributed by atoms with van der Waals surface area (Å²) in [5, 5.41) is 3.48. The first kappa shape index (κ1) is 11.4. The lowest BCUT2D eigenvalue weighted by Crippen LogP contribution is -2.44. The Balaban J connectivity index is 1.81. The van der Waals surface area contributed by atoms with Crippen molar-refractivity contribution in [1.29, 1.82) is 0 Å². The van der Waals surface area contributed by atoms with Crippen LogP contribution in [0, 0.1) is 0 Å². The summed E-state index contributed by atoms with van der Waals surface area (Å²) < 4.78 is 0. The minimum absolute atomic E-state index is 0.286. The van der Waals surface area contributed by atoms with Crippen molar-refractivity contribution in [2.45, 2.75) is 6.04 Å². The molecule has 0 radical (unpaired) electrons. The molecular formula is C13H17N5. The molecule has 1 fully saturated rings. The third kappa shape index (κ3) is 2.27. The van der Waals surface area contributed by atoms with Gasteiger partial charge in [0, 0.05) is 37.6 Å². The topological polar surface area (TPSA) is 56.8 Å². The zero-order chi connectivity index (χ0) is 12.4. The number of nitrogens with one attached hydrogen (secondary N) is 2. The summed E-state index contributed by atoms with van der Waals surface area (Å²) in [6.07, 6.45) is 5.50. The number of piperazine rings is 1. The van der Waals surface area contributed by atoms with Gasteiger partial charge < -0.3 is 15.2 Å². The second-order valence-corrected chi connectivity index (χ2v) is 4.69. The number of H-pyrrole nitrogens is 1. The first-order valence-corrected chi connectivity index (χ1v) is 6.20. The van der Waals surface area contributed by atoms with Crippen LogP contribution in [0.2, 0.25) is 0 Å². The van der Waals surface area contributed by atoms with Crippen LogP contribution in [0.5, 0.6) is 0 Å². The van der Waals surface area contributed by atoms with Gasteiger partial charge in [-0.15, -0.1) is 0 Å². The average Bonchev–Trinajstić information content (AvgIpc) is 2.89. The maximum atomic E-state index is 4.48. The molecule has 0 aliphatic carbocycles. The van der Waals surface area contributed by atoms with E-state index in [4.69, 9.17) is 0 Å². The number of rotatable bonds is 2. The summed E-state index contributed by atoms with van der Waals surface area (Å²) in [5.41, 5.74) is 2.09. The van der Waals surface area contributed by atoms with E-state index in [1.54, 1.807) is 6.20 Å². The second-order valence-electron chi connectivity index (χ2n) is 4.69. The minimum atomic E-state index is 0.286. The van der Waals surface area contributed by atoms with Crippen LogP contribution in [0.25, 0.3) is 11.3 Å². The van der Waals surface area contributed by atoms with Crippen LogP contribution < -0.4 is 5.32 Å². The molecule has 2 aromatic heterocycles. The lowest BCUT2D eigenvalue weighted by atomic mass is 10.2. The molecule has 0 aromatic carbocycles. The molecule has 5 nitrogen and oxygen atoms in total. The Morgan fingerprint density at radius 3 is 3.11 bits per heavy atom. The molecule has 18 heavy (non-hydrogen) atoms. The van der Waals surface area contributed by atoms with Gasteiger partial charge in [-0.1, -0.05) is 0 Å². The molecule has 1 unspecified atom stereocenters. The SMILES string of the molecule is CN1CCNC(c2ncc(-c3cccnc3)[nH]2)C1. The highest BCUT2D eigenvalue weighted by Crippen LogP contribution is 2.19. The number of likely N-dealkylation sites (N-methyl/N-ethyl adjacent to an activating group) is 1. The summed E-state index contributed by atoms with van der Waals surface area (Å²) in [6, 6.07) is 4.25. The van der Waals surface area contributed by atoms with E-state index >= 15 is 0 Å². The number of nitrogens with zero attached hydrogens (tertiary/aromatic N) is 3. The van der Waals surface area contributed by atoms with Crippen LogP contribution >= 0.6 is 0 Å². The molecule has 1 aliphatic rings. The zero-order valence-electron chi connectivity index (χ0n) is 10.4. The van der Waals surface area contributed by atoms with Gasteiger partial charge in [-0.3, -0.25) is 4.98 Å². The van der Waals surface area contributed by atoms with E-state index in [0.717, 1.165) is 36.7 Å². The highest BCUT2D eigenvalue weighted by Gasteiger charge is 2.20. The van der Waals surface area contributed by atoms with E-state index in [-0.39, 0.29) is 6.04 Å². The third-order valence-electron chi connectivity index (χ3n) is 3.28. The Morgan fingerprint density at radius 2 is 2.33 bits per heavy atom. The van der Waals surface area contributed by atoms with E-state index in [9.17, 15) is 0 Å². The van der Waals surface area contributed by atoms with E-state index in [2.05, 4.69) is 32.2 Å². The van der Waals surface area contributed by atoms with Crippen molar-refractivity contribution in [3.63, 3.8) is 0 Å². The summed E-state index contributed by atoms with van der Waals surface area (Å²) in [6.45, 7) is 3.08. The molecule has 0 amide bonds. The predicted octanol–water partition coefficient (Wildman–Crippen LogP) is 1.05. The van der Waals surface area contributed by atoms with E-state index < -0.39 is 0 Å². The summed E-state index contributed by atoms with van der Waals surface area (Å²) >= 11 is 0. The maximum Gasteiger partial charge on any atom is 0.125 e. The first-order chi connectivity index (χ1) is 8.83. The van der Waals surface area contributed by atoms with Gasteiger partial charge in [0.1, 0.15) is 5.82 Å². The van der Waals surface area contributed by atoms with Crippen molar-refractivity contribution in [3.05, 3.63) is 36.5 Å². The normalized spacial score (nSPS) is 21.1. The molecule has 0 saturated carbocycles. The van der Waals surface area contributed by atoms with Gasteiger partial charge >= 0.3 is 0 Å². The highest BCUT2D eigenvalue weighted by molar-refractivity contribution is 5.56. The van der Waals surface area contributed by atoms with Gasteiger partial charge in [0.25, 0.3) is 0 Å².